The molecule has 0 fully saturated rings. The number of ether oxygens (including phenoxy) is 1. The van der Waals surface area contributed by atoms with Crippen LogP contribution in [0.25, 0.3) is 11.4 Å². The van der Waals surface area contributed by atoms with E-state index >= 15 is 0 Å². The van der Waals surface area contributed by atoms with Gasteiger partial charge in [0.15, 0.2) is 0 Å². The largest absolute Gasteiger partial charge is 0.508 e. The van der Waals surface area contributed by atoms with Gasteiger partial charge in [-0.3, -0.25) is 14.9 Å². The Balaban J connectivity index is 1.81. The van der Waals surface area contributed by atoms with Gasteiger partial charge in [-0.2, -0.15) is 0 Å². The van der Waals surface area contributed by atoms with Gasteiger partial charge in [0.05, 0.1) is 29.9 Å². The van der Waals surface area contributed by atoms with Crippen molar-refractivity contribution in [3.05, 3.63) is 59.2 Å². The van der Waals surface area contributed by atoms with Crippen LogP contribution in [0.15, 0.2) is 36.7 Å². The second-order valence-corrected chi connectivity index (χ2v) is 8.40. The van der Waals surface area contributed by atoms with Crippen molar-refractivity contribution in [2.45, 2.75) is 47.2 Å². The topological polar surface area (TPSA) is 74.6 Å². The molecule has 3 rings (SSSR count). The molecule has 0 saturated heterocycles. The van der Waals surface area contributed by atoms with E-state index in [9.17, 15) is 5.11 Å². The highest BCUT2D eigenvalue weighted by atomic mass is 16.5. The Hall–Kier alpha value is -3.19. The number of aryl methyl sites for hydroxylation is 1. The number of aromatic nitrogens is 3. The van der Waals surface area contributed by atoms with Crippen LogP contribution in [0.4, 0.5) is 5.69 Å². The molecule has 0 saturated carbocycles. The van der Waals surface area contributed by atoms with Gasteiger partial charge < -0.3 is 14.7 Å². The molecule has 3 aromatic heterocycles. The number of nitrogens with zero attached hydrogens (tertiary/aromatic N) is 5. The van der Waals surface area contributed by atoms with Crippen molar-refractivity contribution in [3.8, 4) is 22.9 Å². The summed E-state index contributed by atoms with van der Waals surface area (Å²) < 4.78 is 5.53. The summed E-state index contributed by atoms with van der Waals surface area (Å²) in [6, 6.07) is 7.43. The Morgan fingerprint density at radius 3 is 2.52 bits per heavy atom. The van der Waals surface area contributed by atoms with E-state index in [1.807, 2.05) is 39.2 Å². The summed E-state index contributed by atoms with van der Waals surface area (Å²) in [5, 5.41) is 10.4. The molecule has 0 unspecified atom stereocenters. The van der Waals surface area contributed by atoms with Gasteiger partial charge in [0, 0.05) is 67.5 Å². The fourth-order valence-corrected chi connectivity index (χ4v) is 4.10. The minimum absolute atomic E-state index is 0.183. The second kappa shape index (κ2) is 11.1. The van der Waals surface area contributed by atoms with Gasteiger partial charge in [-0.1, -0.05) is 6.92 Å². The lowest BCUT2D eigenvalue weighted by Gasteiger charge is -2.22. The van der Waals surface area contributed by atoms with E-state index in [4.69, 9.17) is 9.72 Å². The molecular formula is C26H35N5O2. The van der Waals surface area contributed by atoms with Crippen molar-refractivity contribution < 1.29 is 9.84 Å². The van der Waals surface area contributed by atoms with Crippen molar-refractivity contribution >= 4 is 5.69 Å². The van der Waals surface area contributed by atoms with Gasteiger partial charge in [0.25, 0.3) is 0 Å². The monoisotopic (exact) mass is 449 g/mol. The summed E-state index contributed by atoms with van der Waals surface area (Å²) in [7, 11) is 3.70. The van der Waals surface area contributed by atoms with Crippen molar-refractivity contribution in [1.82, 2.24) is 19.9 Å². The van der Waals surface area contributed by atoms with Crippen molar-refractivity contribution in [1.29, 1.82) is 0 Å². The van der Waals surface area contributed by atoms with Gasteiger partial charge in [0.2, 0.25) is 0 Å². The van der Waals surface area contributed by atoms with E-state index in [0.717, 1.165) is 59.2 Å². The third-order valence-electron chi connectivity index (χ3n) is 5.71. The summed E-state index contributed by atoms with van der Waals surface area (Å²) in [6.07, 6.45) is 4.73. The van der Waals surface area contributed by atoms with E-state index in [1.54, 1.807) is 25.4 Å². The summed E-state index contributed by atoms with van der Waals surface area (Å²) in [5.74, 6) is 1.06. The van der Waals surface area contributed by atoms with E-state index in [1.165, 1.54) is 0 Å². The molecule has 3 aromatic rings. The number of hydrogen-bond donors (Lipinski definition) is 1. The van der Waals surface area contributed by atoms with E-state index in [-0.39, 0.29) is 5.75 Å². The quantitative estimate of drug-likeness (QED) is 0.479. The Morgan fingerprint density at radius 1 is 1.03 bits per heavy atom. The number of hydrogen-bond acceptors (Lipinski definition) is 7. The Morgan fingerprint density at radius 2 is 1.82 bits per heavy atom. The van der Waals surface area contributed by atoms with Gasteiger partial charge in [-0.15, -0.1) is 0 Å². The molecule has 1 N–H and O–H groups in total. The molecule has 3 heterocycles. The van der Waals surface area contributed by atoms with Crippen LogP contribution in [-0.2, 0) is 13.1 Å². The molecule has 0 aliphatic rings. The predicted octanol–water partition coefficient (Wildman–Crippen LogP) is 4.74. The third-order valence-corrected chi connectivity index (χ3v) is 5.71. The molecule has 0 aromatic carbocycles. The lowest BCUT2D eigenvalue weighted by molar-refractivity contribution is 0.308. The maximum Gasteiger partial charge on any atom is 0.128 e. The highest BCUT2D eigenvalue weighted by molar-refractivity contribution is 5.62. The highest BCUT2D eigenvalue weighted by Crippen LogP contribution is 2.27. The van der Waals surface area contributed by atoms with Gasteiger partial charge in [-0.25, -0.2) is 4.98 Å². The first-order valence-corrected chi connectivity index (χ1v) is 11.4. The van der Waals surface area contributed by atoms with Crippen LogP contribution in [0.1, 0.15) is 42.8 Å². The minimum atomic E-state index is 0.183. The maximum atomic E-state index is 10.4. The molecule has 7 heteroatoms. The Labute approximate surface area is 197 Å². The van der Waals surface area contributed by atoms with E-state index in [2.05, 4.69) is 33.6 Å². The van der Waals surface area contributed by atoms with Crippen molar-refractivity contribution in [2.75, 3.05) is 32.1 Å². The zero-order valence-corrected chi connectivity index (χ0v) is 20.6. The number of anilines is 1. The molecule has 7 nitrogen and oxygen atoms in total. The molecule has 0 spiro atoms. The Kier molecular flexibility index (Phi) is 8.22. The smallest absolute Gasteiger partial charge is 0.128 e. The first kappa shape index (κ1) is 24.5. The molecule has 0 aliphatic carbocycles. The first-order valence-electron chi connectivity index (χ1n) is 11.4. The maximum absolute atomic E-state index is 10.4. The number of methoxy groups -OCH3 is 1. The average Bonchev–Trinajstić information content (AvgIpc) is 2.79. The molecular weight excluding hydrogens is 414 g/mol. The number of rotatable bonds is 10. The zero-order valence-electron chi connectivity index (χ0n) is 20.6. The SMILES string of the molecule is CCCN(CC)c1ccnc(-c2cc(O)cc(CN(C)Cc3ncc(C)c(OC)c3C)n2)c1. The summed E-state index contributed by atoms with van der Waals surface area (Å²) >= 11 is 0. The third kappa shape index (κ3) is 5.99. The van der Waals surface area contributed by atoms with Crippen LogP contribution < -0.4 is 9.64 Å². The minimum Gasteiger partial charge on any atom is -0.508 e. The van der Waals surface area contributed by atoms with E-state index in [0.29, 0.717) is 18.8 Å². The van der Waals surface area contributed by atoms with Crippen molar-refractivity contribution in [2.24, 2.45) is 0 Å². The van der Waals surface area contributed by atoms with Crippen LogP contribution in [0.5, 0.6) is 11.5 Å². The Bertz CT molecular complexity index is 1090. The number of aromatic hydroxyl groups is 1. The molecule has 0 amide bonds. The average molecular weight is 450 g/mol. The van der Waals surface area contributed by atoms with Crippen LogP contribution in [0.3, 0.4) is 0 Å². The molecule has 176 valence electrons. The fourth-order valence-electron chi connectivity index (χ4n) is 4.10. The molecule has 0 bridgehead atoms. The highest BCUT2D eigenvalue weighted by Gasteiger charge is 2.14. The zero-order chi connectivity index (χ0) is 24.0. The van der Waals surface area contributed by atoms with Gasteiger partial charge in [-0.05, 0) is 46.4 Å². The van der Waals surface area contributed by atoms with Gasteiger partial charge >= 0.3 is 0 Å². The summed E-state index contributed by atoms with van der Waals surface area (Å²) in [4.78, 5) is 18.3. The lowest BCUT2D eigenvalue weighted by Crippen LogP contribution is -2.23. The normalized spacial score (nSPS) is 11.1. The van der Waals surface area contributed by atoms with Crippen molar-refractivity contribution in [3.63, 3.8) is 0 Å². The standard InChI is InChI=1S/C26H35N5O2/c1-7-11-31(8-2)21-9-10-27-23(13-21)24-14-22(32)12-20(29-24)16-30(5)17-25-19(4)26(33-6)18(3)15-28-25/h9-10,12-15H,7-8,11,16-17H2,1-6H3,(H,29,32). The predicted molar refractivity (Wildman–Crippen MR) is 133 cm³/mol. The molecule has 0 atom stereocenters. The molecule has 33 heavy (non-hydrogen) atoms. The summed E-state index contributed by atoms with van der Waals surface area (Å²) in [5.41, 5.74) is 6.34. The lowest BCUT2D eigenvalue weighted by atomic mass is 10.1. The van der Waals surface area contributed by atoms with Crippen LogP contribution >= 0.6 is 0 Å². The first-order chi connectivity index (χ1) is 15.9. The second-order valence-electron chi connectivity index (χ2n) is 8.40. The van der Waals surface area contributed by atoms with Crippen LogP contribution in [0.2, 0.25) is 0 Å². The fraction of sp³-hybridized carbons (Fsp3) is 0.423. The number of pyridine rings is 3. The molecule has 0 radical (unpaired) electrons. The molecule has 0 aliphatic heterocycles. The van der Waals surface area contributed by atoms with E-state index < -0.39 is 0 Å². The van der Waals surface area contributed by atoms with Crippen LogP contribution in [-0.4, -0.2) is 52.2 Å². The summed E-state index contributed by atoms with van der Waals surface area (Å²) in [6.45, 7) is 11.5. The van der Waals surface area contributed by atoms with Gasteiger partial charge in [0.1, 0.15) is 11.5 Å². The van der Waals surface area contributed by atoms with Crippen LogP contribution in [0, 0.1) is 13.8 Å².